The minimum Gasteiger partial charge on any atom is -0.493 e. The first kappa shape index (κ1) is 21.1. The Hall–Kier alpha value is -2.97. The fourth-order valence-corrected chi connectivity index (χ4v) is 2.30. The van der Waals surface area contributed by atoms with Gasteiger partial charge in [-0.1, -0.05) is 6.07 Å². The Morgan fingerprint density at radius 2 is 1.88 bits per heavy atom. The Morgan fingerprint density at radius 3 is 2.38 bits per heavy atom. The van der Waals surface area contributed by atoms with Crippen LogP contribution in [0, 0.1) is 0 Å². The molecule has 0 fully saturated rings. The number of esters is 1. The third-order valence-electron chi connectivity index (χ3n) is 3.37. The second kappa shape index (κ2) is 10.1. The lowest BCUT2D eigenvalue weighted by Gasteiger charge is -2.24. The number of hydrogen-bond acceptors (Lipinski definition) is 7. The van der Waals surface area contributed by atoms with Crippen molar-refractivity contribution in [2.45, 2.75) is 32.4 Å². The normalized spacial score (nSPS) is 12.5. The highest BCUT2D eigenvalue weighted by Crippen LogP contribution is 2.28. The van der Waals surface area contributed by atoms with Crippen molar-refractivity contribution in [1.82, 2.24) is 5.32 Å². The van der Waals surface area contributed by atoms with E-state index in [1.165, 1.54) is 7.11 Å². The number of methoxy groups -OCH3 is 2. The van der Waals surface area contributed by atoms with Crippen LogP contribution in [0.3, 0.4) is 0 Å². The Bertz CT molecular complexity index is 646. The molecule has 2 N–H and O–H groups in total. The van der Waals surface area contributed by atoms with Gasteiger partial charge in [-0.15, -0.1) is 0 Å². The van der Waals surface area contributed by atoms with Gasteiger partial charge in [0, 0.05) is 6.92 Å². The van der Waals surface area contributed by atoms with E-state index in [2.05, 4.69) is 10.1 Å². The number of rotatable bonds is 9. The van der Waals surface area contributed by atoms with Crippen LogP contribution in [0.5, 0.6) is 11.5 Å². The first-order valence-electron chi connectivity index (χ1n) is 7.86. The Balaban J connectivity index is 3.14. The van der Waals surface area contributed by atoms with E-state index >= 15 is 0 Å². The Labute approximate surface area is 151 Å². The molecular weight excluding hydrogens is 346 g/mol. The van der Waals surface area contributed by atoms with Gasteiger partial charge in [0.25, 0.3) is 0 Å². The number of carboxylic acid groups (broad SMARTS) is 1. The third-order valence-corrected chi connectivity index (χ3v) is 3.37. The molecule has 0 saturated heterocycles. The second-order valence-electron chi connectivity index (χ2n) is 5.23. The Morgan fingerprint density at radius 1 is 1.19 bits per heavy atom. The molecule has 0 saturated carbocycles. The highest BCUT2D eigenvalue weighted by Gasteiger charge is 2.33. The smallest absolute Gasteiger partial charge is 0.407 e. The number of benzene rings is 1. The lowest BCUT2D eigenvalue weighted by Crippen LogP contribution is -2.50. The van der Waals surface area contributed by atoms with Crippen molar-refractivity contribution in [3.8, 4) is 11.5 Å². The molecule has 26 heavy (non-hydrogen) atoms. The zero-order valence-corrected chi connectivity index (χ0v) is 15.1. The van der Waals surface area contributed by atoms with Gasteiger partial charge in [0.2, 0.25) is 6.10 Å². The van der Waals surface area contributed by atoms with Gasteiger partial charge in [0.1, 0.15) is 0 Å². The summed E-state index contributed by atoms with van der Waals surface area (Å²) in [4.78, 5) is 34.3. The van der Waals surface area contributed by atoms with Gasteiger partial charge in [-0.05, 0) is 31.0 Å². The standard InChI is InChI=1S/C17H23NO8/c1-5-25-14-9-11(6-7-13(14)23-3)8-12(18-17(22)24-4)15(16(20)21)26-10(2)19/h6-7,9,12,15H,5,8H2,1-4H3,(H,18,22)(H,20,21). The predicted octanol–water partition coefficient (Wildman–Crippen LogP) is 1.38. The molecule has 1 amide bonds. The number of nitrogens with one attached hydrogen (secondary N) is 1. The molecule has 0 aliphatic heterocycles. The van der Waals surface area contributed by atoms with Crippen molar-refractivity contribution in [2.24, 2.45) is 0 Å². The first-order valence-corrected chi connectivity index (χ1v) is 7.86. The van der Waals surface area contributed by atoms with Crippen molar-refractivity contribution in [1.29, 1.82) is 0 Å². The molecule has 1 aromatic rings. The SMILES string of the molecule is CCOc1cc(CC(NC(=O)OC)C(OC(C)=O)C(=O)O)ccc1OC. The fourth-order valence-electron chi connectivity index (χ4n) is 2.30. The van der Waals surface area contributed by atoms with E-state index in [1.54, 1.807) is 18.2 Å². The molecule has 0 spiro atoms. The number of carbonyl (C=O) groups is 3. The number of ether oxygens (including phenoxy) is 4. The van der Waals surface area contributed by atoms with Crippen molar-refractivity contribution in [3.05, 3.63) is 23.8 Å². The summed E-state index contributed by atoms with van der Waals surface area (Å²) < 4.78 is 20.1. The van der Waals surface area contributed by atoms with Crippen molar-refractivity contribution in [2.75, 3.05) is 20.8 Å². The minimum atomic E-state index is -1.58. The molecule has 0 bridgehead atoms. The van der Waals surface area contributed by atoms with Crippen LogP contribution >= 0.6 is 0 Å². The molecule has 1 aromatic carbocycles. The maximum atomic E-state index is 11.6. The van der Waals surface area contributed by atoms with Crippen LogP contribution in [-0.2, 0) is 25.5 Å². The molecule has 0 aromatic heterocycles. The van der Waals surface area contributed by atoms with Gasteiger partial charge >= 0.3 is 18.0 Å². The topological polar surface area (TPSA) is 120 Å². The number of hydrogen-bond donors (Lipinski definition) is 2. The molecule has 9 nitrogen and oxygen atoms in total. The molecule has 0 radical (unpaired) electrons. The largest absolute Gasteiger partial charge is 0.493 e. The molecular formula is C17H23NO8. The van der Waals surface area contributed by atoms with E-state index in [1.807, 2.05) is 6.92 Å². The van der Waals surface area contributed by atoms with Gasteiger partial charge in [-0.3, -0.25) is 4.79 Å². The number of carbonyl (C=O) groups excluding carboxylic acids is 2. The quantitative estimate of drug-likeness (QED) is 0.626. The molecule has 0 aliphatic rings. The van der Waals surface area contributed by atoms with Gasteiger partial charge in [0.05, 0.1) is 26.9 Å². The van der Waals surface area contributed by atoms with E-state index in [-0.39, 0.29) is 6.42 Å². The van der Waals surface area contributed by atoms with Crippen LogP contribution in [0.2, 0.25) is 0 Å². The average Bonchev–Trinajstić information content (AvgIpc) is 2.59. The second-order valence-corrected chi connectivity index (χ2v) is 5.23. The number of alkyl carbamates (subject to hydrolysis) is 1. The van der Waals surface area contributed by atoms with E-state index in [0.29, 0.717) is 23.7 Å². The lowest BCUT2D eigenvalue weighted by molar-refractivity contribution is -0.164. The highest BCUT2D eigenvalue weighted by atomic mass is 16.6. The Kier molecular flexibility index (Phi) is 8.20. The van der Waals surface area contributed by atoms with E-state index in [0.717, 1.165) is 14.0 Å². The zero-order chi connectivity index (χ0) is 19.7. The predicted molar refractivity (Wildman–Crippen MR) is 90.4 cm³/mol. The maximum Gasteiger partial charge on any atom is 0.407 e. The summed E-state index contributed by atoms with van der Waals surface area (Å²) >= 11 is 0. The van der Waals surface area contributed by atoms with Crippen LogP contribution in [0.25, 0.3) is 0 Å². The fraction of sp³-hybridized carbons (Fsp3) is 0.471. The molecule has 1 rings (SSSR count). The van der Waals surface area contributed by atoms with Gasteiger partial charge in [-0.25, -0.2) is 9.59 Å². The molecule has 144 valence electrons. The van der Waals surface area contributed by atoms with Crippen LogP contribution in [0.1, 0.15) is 19.4 Å². The number of carboxylic acids is 1. The molecule has 2 atom stereocenters. The van der Waals surface area contributed by atoms with Gasteiger partial charge in [0.15, 0.2) is 11.5 Å². The summed E-state index contributed by atoms with van der Waals surface area (Å²) in [5.74, 6) is -1.18. The van der Waals surface area contributed by atoms with Gasteiger partial charge in [-0.2, -0.15) is 0 Å². The number of amides is 1. The lowest BCUT2D eigenvalue weighted by atomic mass is 10.0. The number of aliphatic carboxylic acids is 1. The van der Waals surface area contributed by atoms with Crippen molar-refractivity contribution in [3.63, 3.8) is 0 Å². The highest BCUT2D eigenvalue weighted by molar-refractivity contribution is 5.79. The summed E-state index contributed by atoms with van der Waals surface area (Å²) in [5, 5.41) is 11.8. The van der Waals surface area contributed by atoms with Crippen LogP contribution in [-0.4, -0.2) is 56.1 Å². The summed E-state index contributed by atoms with van der Waals surface area (Å²) in [6.07, 6.45) is -2.36. The monoisotopic (exact) mass is 369 g/mol. The average molecular weight is 369 g/mol. The summed E-state index contributed by atoms with van der Waals surface area (Å²) in [6.45, 7) is 3.31. The van der Waals surface area contributed by atoms with E-state index in [4.69, 9.17) is 14.2 Å². The van der Waals surface area contributed by atoms with E-state index < -0.39 is 30.2 Å². The molecule has 9 heteroatoms. The molecule has 0 aliphatic carbocycles. The zero-order valence-electron chi connectivity index (χ0n) is 15.1. The molecule has 0 heterocycles. The summed E-state index contributed by atoms with van der Waals surface area (Å²) in [6, 6.07) is 3.98. The molecule has 2 unspecified atom stereocenters. The summed E-state index contributed by atoms with van der Waals surface area (Å²) in [5.41, 5.74) is 0.647. The van der Waals surface area contributed by atoms with Crippen LogP contribution in [0.15, 0.2) is 18.2 Å². The van der Waals surface area contributed by atoms with Crippen molar-refractivity contribution < 1.29 is 38.4 Å². The summed E-state index contributed by atoms with van der Waals surface area (Å²) in [7, 11) is 2.65. The third kappa shape index (κ3) is 6.15. The van der Waals surface area contributed by atoms with Crippen LogP contribution in [0.4, 0.5) is 4.79 Å². The van der Waals surface area contributed by atoms with Crippen molar-refractivity contribution >= 4 is 18.0 Å². The van der Waals surface area contributed by atoms with E-state index in [9.17, 15) is 19.5 Å². The van der Waals surface area contributed by atoms with Crippen LogP contribution < -0.4 is 14.8 Å². The van der Waals surface area contributed by atoms with Gasteiger partial charge < -0.3 is 29.4 Å². The first-order chi connectivity index (χ1) is 12.3. The maximum absolute atomic E-state index is 11.6. The minimum absolute atomic E-state index is 0.0589.